The van der Waals surface area contributed by atoms with Crippen LogP contribution < -0.4 is 4.90 Å². The first-order valence-electron chi connectivity index (χ1n) is 6.89. The minimum Gasteiger partial charge on any atom is -0.370 e. The Morgan fingerprint density at radius 2 is 1.89 bits per heavy atom. The van der Waals surface area contributed by atoms with Crippen LogP contribution >= 0.6 is 0 Å². The average molecular weight is 262 g/mol. The van der Waals surface area contributed by atoms with Crippen molar-refractivity contribution in [3.8, 4) is 0 Å². The lowest BCUT2D eigenvalue weighted by Gasteiger charge is -2.29. The van der Waals surface area contributed by atoms with Gasteiger partial charge in [-0.15, -0.1) is 0 Å². The third-order valence-corrected chi connectivity index (χ3v) is 3.10. The van der Waals surface area contributed by atoms with Gasteiger partial charge in [0, 0.05) is 30.9 Å². The number of likely N-dealkylation sites (N-methyl/N-ethyl adjacent to an activating group) is 1. The summed E-state index contributed by atoms with van der Waals surface area (Å²) < 4.78 is 0. The molecule has 106 valence electrons. The van der Waals surface area contributed by atoms with Crippen LogP contribution in [-0.2, 0) is 0 Å². The molecule has 0 radical (unpaired) electrons. The van der Waals surface area contributed by atoms with Crippen LogP contribution in [0, 0.1) is 12.8 Å². The molecular formula is C16H26N2O. The van der Waals surface area contributed by atoms with E-state index in [0.717, 1.165) is 31.5 Å². The lowest BCUT2D eigenvalue weighted by molar-refractivity contribution is 0.112. The van der Waals surface area contributed by atoms with Crippen molar-refractivity contribution in [1.82, 2.24) is 4.90 Å². The predicted octanol–water partition coefficient (Wildman–Crippen LogP) is 2.83. The maximum atomic E-state index is 10.8. The number of hydrogen-bond donors (Lipinski definition) is 0. The molecule has 0 aliphatic rings. The van der Waals surface area contributed by atoms with Crippen LogP contribution in [0.25, 0.3) is 0 Å². The quantitative estimate of drug-likeness (QED) is 0.706. The average Bonchev–Trinajstić information content (AvgIpc) is 2.34. The minimum atomic E-state index is 0.618. The molecule has 0 N–H and O–H groups in total. The van der Waals surface area contributed by atoms with Gasteiger partial charge in [-0.3, -0.25) is 4.79 Å². The molecule has 0 heterocycles. The van der Waals surface area contributed by atoms with E-state index in [9.17, 15) is 4.79 Å². The van der Waals surface area contributed by atoms with Crippen molar-refractivity contribution in [3.05, 3.63) is 29.3 Å². The largest absolute Gasteiger partial charge is 0.370 e. The van der Waals surface area contributed by atoms with E-state index in [1.54, 1.807) is 0 Å². The number of carbonyl (C=O) groups excluding carboxylic acids is 1. The molecule has 0 spiro atoms. The molecule has 3 heteroatoms. The maximum Gasteiger partial charge on any atom is 0.150 e. The summed E-state index contributed by atoms with van der Waals surface area (Å²) in [5.41, 5.74) is 3.16. The van der Waals surface area contributed by atoms with Crippen molar-refractivity contribution in [2.24, 2.45) is 5.92 Å². The molecule has 0 saturated heterocycles. The minimum absolute atomic E-state index is 0.618. The zero-order valence-electron chi connectivity index (χ0n) is 12.8. The van der Waals surface area contributed by atoms with Gasteiger partial charge in [-0.1, -0.05) is 13.8 Å². The summed E-state index contributed by atoms with van der Waals surface area (Å²) >= 11 is 0. The van der Waals surface area contributed by atoms with E-state index in [4.69, 9.17) is 0 Å². The Morgan fingerprint density at radius 1 is 1.21 bits per heavy atom. The smallest absolute Gasteiger partial charge is 0.150 e. The van der Waals surface area contributed by atoms with E-state index in [1.807, 2.05) is 12.1 Å². The second-order valence-corrected chi connectivity index (χ2v) is 5.81. The lowest BCUT2D eigenvalue weighted by atomic mass is 10.1. The number of rotatable bonds is 7. The van der Waals surface area contributed by atoms with E-state index in [-0.39, 0.29) is 0 Å². The molecule has 0 aliphatic carbocycles. The second kappa shape index (κ2) is 7.29. The highest BCUT2D eigenvalue weighted by molar-refractivity contribution is 5.77. The van der Waals surface area contributed by atoms with Crippen LogP contribution in [0.3, 0.4) is 0 Å². The summed E-state index contributed by atoms with van der Waals surface area (Å²) in [6.45, 7) is 9.62. The van der Waals surface area contributed by atoms with Crippen molar-refractivity contribution < 1.29 is 4.79 Å². The molecule has 1 rings (SSSR count). The summed E-state index contributed by atoms with van der Waals surface area (Å²) in [6, 6.07) is 5.93. The topological polar surface area (TPSA) is 23.6 Å². The van der Waals surface area contributed by atoms with Crippen LogP contribution in [0.1, 0.15) is 29.8 Å². The van der Waals surface area contributed by atoms with Crippen molar-refractivity contribution in [3.63, 3.8) is 0 Å². The zero-order valence-corrected chi connectivity index (χ0v) is 12.8. The Bertz CT molecular complexity index is 413. The molecule has 0 aliphatic heterocycles. The highest BCUT2D eigenvalue weighted by Gasteiger charge is 2.11. The fourth-order valence-electron chi connectivity index (χ4n) is 2.18. The van der Waals surface area contributed by atoms with Gasteiger partial charge in [0.25, 0.3) is 0 Å². The lowest BCUT2D eigenvalue weighted by Crippen LogP contribution is -2.34. The van der Waals surface area contributed by atoms with Gasteiger partial charge in [0.1, 0.15) is 6.29 Å². The zero-order chi connectivity index (χ0) is 14.4. The molecule has 0 amide bonds. The molecule has 0 aromatic heterocycles. The van der Waals surface area contributed by atoms with E-state index < -0.39 is 0 Å². The first kappa shape index (κ1) is 15.7. The number of benzene rings is 1. The highest BCUT2D eigenvalue weighted by Crippen LogP contribution is 2.21. The predicted molar refractivity (Wildman–Crippen MR) is 82.2 cm³/mol. The van der Waals surface area contributed by atoms with E-state index in [1.165, 1.54) is 11.3 Å². The fourth-order valence-corrected chi connectivity index (χ4v) is 2.18. The molecule has 1 aromatic carbocycles. The summed E-state index contributed by atoms with van der Waals surface area (Å²) in [4.78, 5) is 15.4. The van der Waals surface area contributed by atoms with Crippen molar-refractivity contribution in [2.75, 3.05) is 38.6 Å². The first-order valence-corrected chi connectivity index (χ1v) is 6.89. The Kier molecular flexibility index (Phi) is 6.03. The monoisotopic (exact) mass is 262 g/mol. The van der Waals surface area contributed by atoms with Crippen LogP contribution in [0.4, 0.5) is 5.69 Å². The van der Waals surface area contributed by atoms with Crippen molar-refractivity contribution in [2.45, 2.75) is 20.8 Å². The first-order chi connectivity index (χ1) is 8.93. The molecule has 0 saturated carbocycles. The normalized spacial score (nSPS) is 11.1. The van der Waals surface area contributed by atoms with Gasteiger partial charge in [0.2, 0.25) is 0 Å². The highest BCUT2D eigenvalue weighted by atomic mass is 16.1. The van der Waals surface area contributed by atoms with E-state index in [2.05, 4.69) is 50.7 Å². The molecule has 0 bridgehead atoms. The molecule has 19 heavy (non-hydrogen) atoms. The van der Waals surface area contributed by atoms with Gasteiger partial charge in [-0.2, -0.15) is 0 Å². The Morgan fingerprint density at radius 3 is 2.37 bits per heavy atom. The summed E-state index contributed by atoms with van der Waals surface area (Å²) in [6.07, 6.45) is 0.906. The summed E-state index contributed by atoms with van der Waals surface area (Å²) in [5.74, 6) is 0.618. The number of nitrogens with zero attached hydrogens (tertiary/aromatic N) is 2. The molecular weight excluding hydrogens is 236 g/mol. The summed E-state index contributed by atoms with van der Waals surface area (Å²) in [5, 5.41) is 0. The van der Waals surface area contributed by atoms with Crippen LogP contribution in [0.5, 0.6) is 0 Å². The number of anilines is 1. The van der Waals surface area contributed by atoms with Gasteiger partial charge in [-0.05, 0) is 50.7 Å². The second-order valence-electron chi connectivity index (χ2n) is 5.81. The van der Waals surface area contributed by atoms with E-state index in [0.29, 0.717) is 5.92 Å². The molecule has 1 aromatic rings. The Labute approximate surface area is 117 Å². The number of carbonyl (C=O) groups is 1. The molecule has 0 atom stereocenters. The number of aryl methyl sites for hydroxylation is 1. The van der Waals surface area contributed by atoms with Gasteiger partial charge in [0.15, 0.2) is 0 Å². The van der Waals surface area contributed by atoms with Gasteiger partial charge in [0.05, 0.1) is 0 Å². The van der Waals surface area contributed by atoms with Gasteiger partial charge in [-0.25, -0.2) is 0 Å². The van der Waals surface area contributed by atoms with Crippen LogP contribution in [-0.4, -0.2) is 44.9 Å². The third-order valence-electron chi connectivity index (χ3n) is 3.10. The van der Waals surface area contributed by atoms with Gasteiger partial charge < -0.3 is 9.80 Å². The van der Waals surface area contributed by atoms with Crippen LogP contribution in [0.2, 0.25) is 0 Å². The third kappa shape index (κ3) is 5.03. The van der Waals surface area contributed by atoms with Crippen molar-refractivity contribution >= 4 is 12.0 Å². The molecule has 0 fully saturated rings. The number of hydrogen-bond acceptors (Lipinski definition) is 3. The SMILES string of the molecule is Cc1cc(C=O)ccc1N(CCN(C)C)CC(C)C. The molecule has 3 nitrogen and oxygen atoms in total. The Balaban J connectivity index is 2.92. The molecule has 0 unspecified atom stereocenters. The maximum absolute atomic E-state index is 10.8. The van der Waals surface area contributed by atoms with Crippen molar-refractivity contribution in [1.29, 1.82) is 0 Å². The van der Waals surface area contributed by atoms with Gasteiger partial charge >= 0.3 is 0 Å². The van der Waals surface area contributed by atoms with E-state index >= 15 is 0 Å². The Hall–Kier alpha value is -1.35. The fraction of sp³-hybridized carbons (Fsp3) is 0.562. The standard InChI is InChI=1S/C16H26N2O/c1-13(2)11-18(9-8-17(4)5)16-7-6-15(12-19)10-14(16)3/h6-7,10,12-13H,8-9,11H2,1-5H3. The number of aldehydes is 1. The summed E-state index contributed by atoms with van der Waals surface area (Å²) in [7, 11) is 4.19. The van der Waals surface area contributed by atoms with Crippen LogP contribution in [0.15, 0.2) is 18.2 Å².